The molecular weight excluding hydrogens is 228 g/mol. The van der Waals surface area contributed by atoms with E-state index in [4.69, 9.17) is 5.26 Å². The molecule has 0 saturated heterocycles. The molecule has 0 aliphatic heterocycles. The minimum atomic E-state index is -0.693. The van der Waals surface area contributed by atoms with Gasteiger partial charge in [0.1, 0.15) is 10.9 Å². The number of nitrogens with zero attached hydrogens (tertiary/aromatic N) is 1. The molecule has 1 unspecified atom stereocenters. The van der Waals surface area contributed by atoms with Gasteiger partial charge in [0.25, 0.3) is 0 Å². The van der Waals surface area contributed by atoms with Crippen molar-refractivity contribution in [3.63, 3.8) is 0 Å². The third-order valence-electron chi connectivity index (χ3n) is 1.90. The highest BCUT2D eigenvalue weighted by molar-refractivity contribution is 7.84. The number of rotatable bonds is 6. The van der Waals surface area contributed by atoms with Gasteiger partial charge in [-0.15, -0.1) is 11.3 Å². The molecule has 0 bridgehead atoms. The summed E-state index contributed by atoms with van der Waals surface area (Å²) in [5.74, 6) is 1.42. The third kappa shape index (κ3) is 4.56. The van der Waals surface area contributed by atoms with Crippen LogP contribution in [0.15, 0.2) is 12.1 Å². The van der Waals surface area contributed by atoms with Gasteiger partial charge in [0.15, 0.2) is 0 Å². The van der Waals surface area contributed by atoms with E-state index in [0.29, 0.717) is 5.75 Å². The molecule has 0 radical (unpaired) electrons. The first-order valence-electron chi connectivity index (χ1n) is 4.80. The van der Waals surface area contributed by atoms with E-state index >= 15 is 0 Å². The van der Waals surface area contributed by atoms with E-state index in [9.17, 15) is 4.21 Å². The molecule has 1 atom stereocenters. The van der Waals surface area contributed by atoms with Gasteiger partial charge in [-0.25, -0.2) is 0 Å². The zero-order valence-corrected chi connectivity index (χ0v) is 10.3. The number of nitrogens with one attached hydrogen (secondary N) is 1. The van der Waals surface area contributed by atoms with Crippen LogP contribution in [-0.4, -0.2) is 22.3 Å². The molecule has 5 heteroatoms. The van der Waals surface area contributed by atoms with Crippen LogP contribution in [0.3, 0.4) is 0 Å². The summed E-state index contributed by atoms with van der Waals surface area (Å²) in [6, 6.07) is 5.88. The molecule has 0 aliphatic carbocycles. The van der Waals surface area contributed by atoms with Crippen LogP contribution in [0.1, 0.15) is 16.7 Å². The highest BCUT2D eigenvalue weighted by Crippen LogP contribution is 2.14. The molecule has 0 fully saturated rings. The summed E-state index contributed by atoms with van der Waals surface area (Å²) in [6.07, 6.45) is 0. The van der Waals surface area contributed by atoms with Crippen LogP contribution >= 0.6 is 11.3 Å². The van der Waals surface area contributed by atoms with Crippen LogP contribution in [0.25, 0.3) is 0 Å². The largest absolute Gasteiger partial charge is 0.311 e. The van der Waals surface area contributed by atoms with Crippen molar-refractivity contribution < 1.29 is 4.21 Å². The van der Waals surface area contributed by atoms with Gasteiger partial charge in [0.2, 0.25) is 0 Å². The summed E-state index contributed by atoms with van der Waals surface area (Å²) in [4.78, 5) is 1.89. The van der Waals surface area contributed by atoms with Crippen LogP contribution in [0.5, 0.6) is 0 Å². The van der Waals surface area contributed by atoms with Crippen molar-refractivity contribution in [2.75, 3.05) is 18.1 Å². The zero-order valence-electron chi connectivity index (χ0n) is 8.66. The van der Waals surface area contributed by atoms with Gasteiger partial charge in [0.05, 0.1) is 0 Å². The molecule has 0 aromatic carbocycles. The van der Waals surface area contributed by atoms with Gasteiger partial charge in [-0.3, -0.25) is 4.21 Å². The lowest BCUT2D eigenvalue weighted by molar-refractivity contribution is 0.675. The van der Waals surface area contributed by atoms with Crippen LogP contribution < -0.4 is 5.32 Å². The highest BCUT2D eigenvalue weighted by atomic mass is 32.2. The summed E-state index contributed by atoms with van der Waals surface area (Å²) in [6.45, 7) is 3.45. The Bertz CT molecular complexity index is 368. The highest BCUT2D eigenvalue weighted by Gasteiger charge is 1.99. The Hall–Kier alpha value is -0.700. The van der Waals surface area contributed by atoms with Gasteiger partial charge < -0.3 is 5.32 Å². The maximum absolute atomic E-state index is 11.1. The van der Waals surface area contributed by atoms with E-state index in [2.05, 4.69) is 11.4 Å². The average Bonchev–Trinajstić information content (AvgIpc) is 2.72. The van der Waals surface area contributed by atoms with E-state index in [1.807, 2.05) is 19.1 Å². The Kier molecular flexibility index (Phi) is 5.54. The molecule has 1 heterocycles. The monoisotopic (exact) mass is 242 g/mol. The van der Waals surface area contributed by atoms with Crippen molar-refractivity contribution in [3.05, 3.63) is 21.9 Å². The minimum Gasteiger partial charge on any atom is -0.311 e. The molecule has 3 nitrogen and oxygen atoms in total. The quantitative estimate of drug-likeness (QED) is 0.769. The van der Waals surface area contributed by atoms with Crippen LogP contribution in [-0.2, 0) is 17.3 Å². The molecule has 1 rings (SSSR count). The molecule has 0 spiro atoms. The van der Waals surface area contributed by atoms with Crippen molar-refractivity contribution in [1.82, 2.24) is 5.32 Å². The lowest BCUT2D eigenvalue weighted by Gasteiger charge is -2.01. The van der Waals surface area contributed by atoms with E-state index in [-0.39, 0.29) is 0 Å². The molecular formula is C10H14N2OS2. The summed E-state index contributed by atoms with van der Waals surface area (Å²) < 4.78 is 11.1. The Balaban J connectivity index is 2.21. The Morgan fingerprint density at radius 2 is 2.40 bits per heavy atom. The molecule has 82 valence electrons. The number of hydrogen-bond acceptors (Lipinski definition) is 4. The lowest BCUT2D eigenvalue weighted by Crippen LogP contribution is -2.20. The third-order valence-corrected chi connectivity index (χ3v) is 4.19. The van der Waals surface area contributed by atoms with E-state index < -0.39 is 10.8 Å². The summed E-state index contributed by atoms with van der Waals surface area (Å²) in [7, 11) is -0.693. The van der Waals surface area contributed by atoms with Crippen molar-refractivity contribution in [2.45, 2.75) is 13.5 Å². The fourth-order valence-corrected chi connectivity index (χ4v) is 2.51. The summed E-state index contributed by atoms with van der Waals surface area (Å²) in [5, 5.41) is 11.8. The van der Waals surface area contributed by atoms with Gasteiger partial charge in [-0.2, -0.15) is 5.26 Å². The average molecular weight is 242 g/mol. The standard InChI is InChI=1S/C10H14N2OS2/c1-2-15(13)6-5-12-8-10-4-3-9(7-11)14-10/h3-4,12H,2,5-6,8H2,1H3. The van der Waals surface area contributed by atoms with Crippen LogP contribution in [0.4, 0.5) is 0 Å². The number of nitriles is 1. The van der Waals surface area contributed by atoms with Crippen LogP contribution in [0, 0.1) is 11.3 Å². The second-order valence-corrected chi connectivity index (χ2v) is 6.02. The molecule has 0 saturated carbocycles. The first-order valence-corrected chi connectivity index (χ1v) is 7.11. The fraction of sp³-hybridized carbons (Fsp3) is 0.500. The van der Waals surface area contributed by atoms with Crippen molar-refractivity contribution in [1.29, 1.82) is 5.26 Å². The van der Waals surface area contributed by atoms with Gasteiger partial charge >= 0.3 is 0 Å². The summed E-state index contributed by atoms with van der Waals surface area (Å²) >= 11 is 1.50. The number of hydrogen-bond donors (Lipinski definition) is 1. The summed E-state index contributed by atoms with van der Waals surface area (Å²) in [5.41, 5.74) is 0. The SMILES string of the molecule is CCS(=O)CCNCc1ccc(C#N)s1. The molecule has 15 heavy (non-hydrogen) atoms. The second kappa shape index (κ2) is 6.72. The molecule has 0 amide bonds. The number of thiophene rings is 1. The first-order chi connectivity index (χ1) is 7.26. The Morgan fingerprint density at radius 3 is 3.00 bits per heavy atom. The normalized spacial score (nSPS) is 12.3. The van der Waals surface area contributed by atoms with Crippen molar-refractivity contribution in [2.24, 2.45) is 0 Å². The van der Waals surface area contributed by atoms with Crippen LogP contribution in [0.2, 0.25) is 0 Å². The lowest BCUT2D eigenvalue weighted by atomic mass is 10.4. The molecule has 1 aromatic heterocycles. The minimum absolute atomic E-state index is 0.693. The fourth-order valence-electron chi connectivity index (χ4n) is 1.07. The molecule has 1 N–H and O–H groups in total. The van der Waals surface area contributed by atoms with Gasteiger partial charge in [0, 0.05) is 40.3 Å². The predicted molar refractivity (Wildman–Crippen MR) is 64.3 cm³/mol. The van der Waals surface area contributed by atoms with E-state index in [1.165, 1.54) is 11.3 Å². The van der Waals surface area contributed by atoms with Crippen molar-refractivity contribution in [3.8, 4) is 6.07 Å². The Labute approximate surface area is 96.6 Å². The van der Waals surface area contributed by atoms with Gasteiger partial charge in [-0.1, -0.05) is 6.92 Å². The Morgan fingerprint density at radius 1 is 1.60 bits per heavy atom. The zero-order chi connectivity index (χ0) is 11.1. The first kappa shape index (κ1) is 12.4. The van der Waals surface area contributed by atoms with E-state index in [0.717, 1.165) is 28.6 Å². The van der Waals surface area contributed by atoms with Crippen molar-refractivity contribution >= 4 is 22.1 Å². The maximum Gasteiger partial charge on any atom is 0.110 e. The maximum atomic E-state index is 11.1. The second-order valence-electron chi connectivity index (χ2n) is 2.99. The predicted octanol–water partition coefficient (Wildman–Crippen LogP) is 1.48. The van der Waals surface area contributed by atoms with Gasteiger partial charge in [-0.05, 0) is 12.1 Å². The molecule has 0 aliphatic rings. The smallest absolute Gasteiger partial charge is 0.110 e. The van der Waals surface area contributed by atoms with E-state index in [1.54, 1.807) is 0 Å². The topological polar surface area (TPSA) is 52.9 Å². The molecule has 1 aromatic rings.